The summed E-state index contributed by atoms with van der Waals surface area (Å²) in [6.45, 7) is 4.94. The van der Waals surface area contributed by atoms with Gasteiger partial charge in [0.05, 0.1) is 18.0 Å². The molecule has 0 aromatic heterocycles. The highest BCUT2D eigenvalue weighted by molar-refractivity contribution is 5.82. The molecule has 0 radical (unpaired) electrons. The van der Waals surface area contributed by atoms with Gasteiger partial charge in [-0.25, -0.2) is 0 Å². The second-order valence-electron chi connectivity index (χ2n) is 3.84. The molecule has 0 spiro atoms. The van der Waals surface area contributed by atoms with Crippen molar-refractivity contribution in [1.82, 2.24) is 4.90 Å². The van der Waals surface area contributed by atoms with Crippen molar-refractivity contribution in [2.24, 2.45) is 17.6 Å². The van der Waals surface area contributed by atoms with Crippen LogP contribution >= 0.6 is 0 Å². The van der Waals surface area contributed by atoms with E-state index in [1.54, 1.807) is 4.90 Å². The van der Waals surface area contributed by atoms with Gasteiger partial charge < -0.3 is 10.6 Å². The summed E-state index contributed by atoms with van der Waals surface area (Å²) in [7, 11) is 0. The molecule has 1 amide bonds. The van der Waals surface area contributed by atoms with E-state index in [9.17, 15) is 4.79 Å². The Morgan fingerprint density at radius 1 is 1.62 bits per heavy atom. The number of amides is 1. The Kier molecular flexibility index (Phi) is 2.89. The number of nitrogens with zero attached hydrogens (tertiary/aromatic N) is 2. The van der Waals surface area contributed by atoms with Gasteiger partial charge in [-0.15, -0.1) is 0 Å². The fraction of sp³-hybridized carbons (Fsp3) is 0.778. The third-order valence-electron chi connectivity index (χ3n) is 2.38. The maximum absolute atomic E-state index is 11.5. The number of hydrogen-bond donors (Lipinski definition) is 1. The van der Waals surface area contributed by atoms with E-state index < -0.39 is 6.04 Å². The molecule has 13 heavy (non-hydrogen) atoms. The number of likely N-dealkylation sites (tertiary alicyclic amines) is 1. The SMILES string of the molecule is CC(C)[C@@H](N)C(=O)N1CC(C#N)C1. The summed E-state index contributed by atoms with van der Waals surface area (Å²) >= 11 is 0. The molecule has 1 heterocycles. The monoisotopic (exact) mass is 181 g/mol. The van der Waals surface area contributed by atoms with E-state index in [2.05, 4.69) is 6.07 Å². The topological polar surface area (TPSA) is 70.1 Å². The Labute approximate surface area is 78.3 Å². The highest BCUT2D eigenvalue weighted by atomic mass is 16.2. The fourth-order valence-corrected chi connectivity index (χ4v) is 1.24. The van der Waals surface area contributed by atoms with Crippen LogP contribution in [-0.2, 0) is 4.79 Å². The first-order valence-electron chi connectivity index (χ1n) is 4.50. The standard InChI is InChI=1S/C9H15N3O/c1-6(2)8(11)9(13)12-4-7(3-10)5-12/h6-8H,4-5,11H2,1-2H3/t8-/m1/s1. The molecule has 72 valence electrons. The minimum Gasteiger partial charge on any atom is -0.339 e. The van der Waals surface area contributed by atoms with E-state index in [-0.39, 0.29) is 17.7 Å². The summed E-state index contributed by atoms with van der Waals surface area (Å²) in [5.41, 5.74) is 5.68. The quantitative estimate of drug-likeness (QED) is 0.649. The smallest absolute Gasteiger partial charge is 0.239 e. The summed E-state index contributed by atoms with van der Waals surface area (Å²) in [6.07, 6.45) is 0. The van der Waals surface area contributed by atoms with Crippen molar-refractivity contribution in [3.8, 4) is 6.07 Å². The van der Waals surface area contributed by atoms with Gasteiger partial charge in [0, 0.05) is 13.1 Å². The molecule has 4 nitrogen and oxygen atoms in total. The first-order chi connectivity index (χ1) is 6.06. The van der Waals surface area contributed by atoms with Crippen molar-refractivity contribution in [3.63, 3.8) is 0 Å². The third-order valence-corrected chi connectivity index (χ3v) is 2.38. The summed E-state index contributed by atoms with van der Waals surface area (Å²) in [4.78, 5) is 13.2. The lowest BCUT2D eigenvalue weighted by Gasteiger charge is -2.37. The maximum Gasteiger partial charge on any atom is 0.239 e. The first kappa shape index (κ1) is 10.0. The molecule has 1 aliphatic rings. The molecule has 0 unspecified atom stereocenters. The number of carbonyl (C=O) groups excluding carboxylic acids is 1. The Morgan fingerprint density at radius 2 is 2.15 bits per heavy atom. The van der Waals surface area contributed by atoms with Gasteiger partial charge in [0.2, 0.25) is 5.91 Å². The molecule has 1 rings (SSSR count). The van der Waals surface area contributed by atoms with E-state index in [1.165, 1.54) is 0 Å². The molecule has 1 aliphatic heterocycles. The van der Waals surface area contributed by atoms with E-state index in [0.717, 1.165) is 0 Å². The van der Waals surface area contributed by atoms with E-state index >= 15 is 0 Å². The minimum absolute atomic E-state index is 0.0170. The van der Waals surface area contributed by atoms with Gasteiger partial charge in [0.1, 0.15) is 0 Å². The van der Waals surface area contributed by atoms with Crippen LogP contribution in [0.3, 0.4) is 0 Å². The molecule has 1 atom stereocenters. The van der Waals surface area contributed by atoms with Crippen LogP contribution < -0.4 is 5.73 Å². The molecule has 2 N–H and O–H groups in total. The molecule has 0 aromatic carbocycles. The van der Waals surface area contributed by atoms with E-state index in [0.29, 0.717) is 13.1 Å². The van der Waals surface area contributed by atoms with Crippen LogP contribution in [0.15, 0.2) is 0 Å². The Bertz CT molecular complexity index is 238. The normalized spacial score (nSPS) is 19.5. The molecule has 1 fully saturated rings. The molecular weight excluding hydrogens is 166 g/mol. The van der Waals surface area contributed by atoms with Crippen LogP contribution in [0, 0.1) is 23.2 Å². The predicted octanol–water partition coefficient (Wildman–Crippen LogP) is -0.0483. The van der Waals surface area contributed by atoms with Crippen LogP contribution in [0.1, 0.15) is 13.8 Å². The zero-order valence-corrected chi connectivity index (χ0v) is 8.03. The number of carbonyl (C=O) groups is 1. The summed E-state index contributed by atoms with van der Waals surface area (Å²) in [5.74, 6) is 0.151. The molecule has 1 saturated heterocycles. The van der Waals surface area contributed by atoms with Crippen molar-refractivity contribution in [1.29, 1.82) is 5.26 Å². The lowest BCUT2D eigenvalue weighted by atomic mass is 9.97. The van der Waals surface area contributed by atoms with Gasteiger partial charge >= 0.3 is 0 Å². The Hall–Kier alpha value is -1.08. The van der Waals surface area contributed by atoms with E-state index in [4.69, 9.17) is 11.0 Å². The summed E-state index contributed by atoms with van der Waals surface area (Å²) in [5, 5.41) is 8.51. The minimum atomic E-state index is -0.417. The molecular formula is C9H15N3O. The van der Waals surface area contributed by atoms with Crippen LogP contribution in [0.5, 0.6) is 0 Å². The van der Waals surface area contributed by atoms with Crippen LogP contribution in [0.4, 0.5) is 0 Å². The van der Waals surface area contributed by atoms with Crippen molar-refractivity contribution >= 4 is 5.91 Å². The Balaban J connectivity index is 2.40. The molecule has 0 aromatic rings. The lowest BCUT2D eigenvalue weighted by molar-refractivity contribution is -0.138. The van der Waals surface area contributed by atoms with Crippen LogP contribution in [0.25, 0.3) is 0 Å². The van der Waals surface area contributed by atoms with Gasteiger partial charge in [-0.3, -0.25) is 4.79 Å². The highest BCUT2D eigenvalue weighted by Gasteiger charge is 2.33. The average Bonchev–Trinajstić information content (AvgIpc) is 2.00. The average molecular weight is 181 g/mol. The number of rotatable bonds is 2. The van der Waals surface area contributed by atoms with Crippen LogP contribution in [0.2, 0.25) is 0 Å². The lowest BCUT2D eigenvalue weighted by Crippen LogP contribution is -2.56. The molecule has 0 aliphatic carbocycles. The second-order valence-corrected chi connectivity index (χ2v) is 3.84. The zero-order chi connectivity index (χ0) is 10.0. The van der Waals surface area contributed by atoms with Gasteiger partial charge in [-0.2, -0.15) is 5.26 Å². The Morgan fingerprint density at radius 3 is 2.54 bits per heavy atom. The maximum atomic E-state index is 11.5. The summed E-state index contributed by atoms with van der Waals surface area (Å²) in [6, 6.07) is 1.70. The first-order valence-corrected chi connectivity index (χ1v) is 4.50. The zero-order valence-electron chi connectivity index (χ0n) is 8.03. The third kappa shape index (κ3) is 1.99. The van der Waals surface area contributed by atoms with Gasteiger partial charge in [-0.05, 0) is 5.92 Å². The molecule has 4 heteroatoms. The van der Waals surface area contributed by atoms with Gasteiger partial charge in [0.15, 0.2) is 0 Å². The molecule has 0 bridgehead atoms. The van der Waals surface area contributed by atoms with Gasteiger partial charge in [0.25, 0.3) is 0 Å². The van der Waals surface area contributed by atoms with Crippen molar-refractivity contribution in [3.05, 3.63) is 0 Å². The van der Waals surface area contributed by atoms with Gasteiger partial charge in [-0.1, -0.05) is 13.8 Å². The number of nitrogens with two attached hydrogens (primary N) is 1. The highest BCUT2D eigenvalue weighted by Crippen LogP contribution is 2.16. The number of nitriles is 1. The van der Waals surface area contributed by atoms with E-state index in [1.807, 2.05) is 13.8 Å². The number of hydrogen-bond acceptors (Lipinski definition) is 3. The largest absolute Gasteiger partial charge is 0.339 e. The van der Waals surface area contributed by atoms with Crippen LogP contribution in [-0.4, -0.2) is 29.9 Å². The van der Waals surface area contributed by atoms with Crippen molar-refractivity contribution in [2.75, 3.05) is 13.1 Å². The second kappa shape index (κ2) is 3.75. The summed E-state index contributed by atoms with van der Waals surface area (Å²) < 4.78 is 0. The van der Waals surface area contributed by atoms with Crippen molar-refractivity contribution in [2.45, 2.75) is 19.9 Å². The van der Waals surface area contributed by atoms with Crippen molar-refractivity contribution < 1.29 is 4.79 Å². The fourth-order valence-electron chi connectivity index (χ4n) is 1.24. The predicted molar refractivity (Wildman–Crippen MR) is 48.5 cm³/mol. The molecule has 0 saturated carbocycles.